The van der Waals surface area contributed by atoms with Gasteiger partial charge in [-0.05, 0) is 49.4 Å². The zero-order valence-corrected chi connectivity index (χ0v) is 17.3. The lowest BCUT2D eigenvalue weighted by molar-refractivity contribution is -0.119. The van der Waals surface area contributed by atoms with Crippen LogP contribution in [0.5, 0.6) is 0 Å². The van der Waals surface area contributed by atoms with Crippen LogP contribution < -0.4 is 15.8 Å². The zero-order valence-electron chi connectivity index (χ0n) is 17.3. The van der Waals surface area contributed by atoms with Crippen molar-refractivity contribution in [2.45, 2.75) is 25.0 Å². The van der Waals surface area contributed by atoms with Crippen LogP contribution in [0.1, 0.15) is 40.7 Å². The summed E-state index contributed by atoms with van der Waals surface area (Å²) >= 11 is 0. The molecule has 0 aliphatic carbocycles. The number of furan rings is 1. The van der Waals surface area contributed by atoms with Gasteiger partial charge in [-0.1, -0.05) is 18.2 Å². The minimum absolute atomic E-state index is 0.186. The number of ether oxygens (including phenoxy) is 1. The molecule has 5 rings (SSSR count). The summed E-state index contributed by atoms with van der Waals surface area (Å²) in [6.45, 7) is 2.01. The van der Waals surface area contributed by atoms with Crippen molar-refractivity contribution >= 4 is 17.6 Å². The first kappa shape index (κ1) is 20.4. The molecule has 2 aromatic carbocycles. The molecule has 2 aliphatic rings. The molecule has 2 saturated heterocycles. The molecule has 0 radical (unpaired) electrons. The standard InChI is InChI=1S/C24H22FN3O4/c1-2-31-24(30)14-9-11-15(12-10-14)28-22(16-6-3-4-7-17(16)25)19-20(18-8-5-13-32-18)26-27-21(19)23(28)29/h3-13,19-22,26-27H,2H2,1H3. The van der Waals surface area contributed by atoms with Crippen molar-refractivity contribution in [2.24, 2.45) is 5.92 Å². The Labute approximate surface area is 184 Å². The van der Waals surface area contributed by atoms with Crippen LogP contribution in [0.3, 0.4) is 0 Å². The number of benzene rings is 2. The minimum atomic E-state index is -0.584. The predicted octanol–water partition coefficient (Wildman–Crippen LogP) is 3.52. The number of amides is 1. The molecule has 4 atom stereocenters. The first-order valence-corrected chi connectivity index (χ1v) is 10.5. The second kappa shape index (κ2) is 8.22. The van der Waals surface area contributed by atoms with Crippen molar-refractivity contribution < 1.29 is 23.1 Å². The van der Waals surface area contributed by atoms with Gasteiger partial charge in [0.25, 0.3) is 0 Å². The third kappa shape index (κ3) is 3.28. The highest BCUT2D eigenvalue weighted by Gasteiger charge is 2.57. The first-order chi connectivity index (χ1) is 15.6. The topological polar surface area (TPSA) is 83.8 Å². The van der Waals surface area contributed by atoms with E-state index in [1.54, 1.807) is 66.6 Å². The monoisotopic (exact) mass is 435 g/mol. The number of anilines is 1. The molecule has 3 heterocycles. The molecule has 32 heavy (non-hydrogen) atoms. The highest BCUT2D eigenvalue weighted by Crippen LogP contribution is 2.49. The summed E-state index contributed by atoms with van der Waals surface area (Å²) in [5.74, 6) is -0.662. The summed E-state index contributed by atoms with van der Waals surface area (Å²) < 4.78 is 25.6. The Hall–Kier alpha value is -3.49. The van der Waals surface area contributed by atoms with Crippen LogP contribution in [-0.2, 0) is 9.53 Å². The maximum Gasteiger partial charge on any atom is 0.338 e. The fourth-order valence-electron chi connectivity index (χ4n) is 4.67. The number of hydrogen-bond acceptors (Lipinski definition) is 6. The number of nitrogens with zero attached hydrogens (tertiary/aromatic N) is 1. The lowest BCUT2D eigenvalue weighted by Gasteiger charge is -2.31. The predicted molar refractivity (Wildman–Crippen MR) is 114 cm³/mol. The zero-order chi connectivity index (χ0) is 22.2. The van der Waals surface area contributed by atoms with Crippen LogP contribution in [0.2, 0.25) is 0 Å². The van der Waals surface area contributed by atoms with Gasteiger partial charge in [-0.2, -0.15) is 0 Å². The maximum absolute atomic E-state index is 15.0. The van der Waals surface area contributed by atoms with Gasteiger partial charge in [-0.15, -0.1) is 0 Å². The van der Waals surface area contributed by atoms with Crippen molar-refractivity contribution in [3.63, 3.8) is 0 Å². The molecule has 2 fully saturated rings. The highest BCUT2D eigenvalue weighted by atomic mass is 19.1. The van der Waals surface area contributed by atoms with E-state index in [9.17, 15) is 14.0 Å². The lowest BCUT2D eigenvalue weighted by atomic mass is 9.85. The van der Waals surface area contributed by atoms with Gasteiger partial charge >= 0.3 is 5.97 Å². The number of esters is 1. The molecule has 164 valence electrons. The Bertz CT molecular complexity index is 1130. The summed E-state index contributed by atoms with van der Waals surface area (Å²) in [6.07, 6.45) is 1.57. The van der Waals surface area contributed by atoms with E-state index in [0.29, 0.717) is 22.6 Å². The van der Waals surface area contributed by atoms with Crippen molar-refractivity contribution in [3.05, 3.63) is 89.6 Å². The molecule has 7 nitrogen and oxygen atoms in total. The van der Waals surface area contributed by atoms with Crippen LogP contribution in [0, 0.1) is 11.7 Å². The van der Waals surface area contributed by atoms with E-state index in [1.165, 1.54) is 6.07 Å². The molecule has 8 heteroatoms. The Balaban J connectivity index is 1.58. The van der Waals surface area contributed by atoms with Crippen molar-refractivity contribution in [1.29, 1.82) is 0 Å². The molecule has 2 N–H and O–H groups in total. The van der Waals surface area contributed by atoms with Gasteiger partial charge < -0.3 is 14.1 Å². The van der Waals surface area contributed by atoms with Gasteiger partial charge in [-0.25, -0.2) is 20.0 Å². The van der Waals surface area contributed by atoms with E-state index in [-0.39, 0.29) is 30.3 Å². The van der Waals surface area contributed by atoms with Gasteiger partial charge in [0.2, 0.25) is 5.91 Å². The van der Waals surface area contributed by atoms with Crippen LogP contribution in [0.15, 0.2) is 71.3 Å². The van der Waals surface area contributed by atoms with Crippen molar-refractivity contribution in [2.75, 3.05) is 11.5 Å². The SMILES string of the molecule is CCOC(=O)c1ccc(N2C(=O)C3NNC(c4ccco4)C3C2c2ccccc2F)cc1. The van der Waals surface area contributed by atoms with Crippen LogP contribution in [-0.4, -0.2) is 24.5 Å². The maximum atomic E-state index is 15.0. The molecule has 0 spiro atoms. The summed E-state index contributed by atoms with van der Waals surface area (Å²) in [5, 5.41) is 0. The van der Waals surface area contributed by atoms with Crippen LogP contribution in [0.4, 0.5) is 10.1 Å². The minimum Gasteiger partial charge on any atom is -0.468 e. The third-order valence-electron chi connectivity index (χ3n) is 6.04. The van der Waals surface area contributed by atoms with Gasteiger partial charge in [0.05, 0.1) is 30.5 Å². The quantitative estimate of drug-likeness (QED) is 0.597. The Morgan fingerprint density at radius 2 is 1.81 bits per heavy atom. The molecular weight excluding hydrogens is 413 g/mol. The van der Waals surface area contributed by atoms with E-state index >= 15 is 0 Å². The average Bonchev–Trinajstić information content (AvgIpc) is 3.52. The van der Waals surface area contributed by atoms with Crippen LogP contribution in [0.25, 0.3) is 0 Å². The number of rotatable bonds is 5. The number of halogens is 1. The molecule has 1 amide bonds. The Kier molecular flexibility index (Phi) is 5.24. The number of carbonyl (C=O) groups is 2. The van der Waals surface area contributed by atoms with E-state index in [0.717, 1.165) is 0 Å². The van der Waals surface area contributed by atoms with E-state index in [4.69, 9.17) is 9.15 Å². The first-order valence-electron chi connectivity index (χ1n) is 10.5. The molecule has 4 unspecified atom stereocenters. The number of carbonyl (C=O) groups excluding carboxylic acids is 2. The fourth-order valence-corrected chi connectivity index (χ4v) is 4.67. The normalized spacial score (nSPS) is 24.6. The number of hydrazine groups is 1. The molecule has 0 saturated carbocycles. The summed E-state index contributed by atoms with van der Waals surface area (Å²) in [7, 11) is 0. The van der Waals surface area contributed by atoms with E-state index in [2.05, 4.69) is 10.9 Å². The second-order valence-corrected chi connectivity index (χ2v) is 7.78. The largest absolute Gasteiger partial charge is 0.468 e. The number of fused-ring (bicyclic) bond motifs is 1. The molecule has 1 aromatic heterocycles. The van der Waals surface area contributed by atoms with Gasteiger partial charge in [0.1, 0.15) is 17.6 Å². The average molecular weight is 435 g/mol. The number of nitrogens with one attached hydrogen (secondary N) is 2. The third-order valence-corrected chi connectivity index (χ3v) is 6.04. The van der Waals surface area contributed by atoms with Crippen molar-refractivity contribution in [3.8, 4) is 0 Å². The summed E-state index contributed by atoms with van der Waals surface area (Å²) in [5.41, 5.74) is 7.60. The fraction of sp³-hybridized carbons (Fsp3) is 0.250. The molecule has 2 aliphatic heterocycles. The molecular formula is C24H22FN3O4. The molecule has 3 aromatic rings. The van der Waals surface area contributed by atoms with Gasteiger partial charge in [-0.3, -0.25) is 4.79 Å². The Morgan fingerprint density at radius 3 is 2.50 bits per heavy atom. The Morgan fingerprint density at radius 1 is 1.06 bits per heavy atom. The summed E-state index contributed by atoms with van der Waals surface area (Å²) in [4.78, 5) is 27.1. The number of hydrogen-bond donors (Lipinski definition) is 2. The highest BCUT2D eigenvalue weighted by molar-refractivity contribution is 6.02. The van der Waals surface area contributed by atoms with Gasteiger partial charge in [0, 0.05) is 17.2 Å². The summed E-state index contributed by atoms with van der Waals surface area (Å²) in [6, 6.07) is 15.2. The van der Waals surface area contributed by atoms with E-state index in [1.807, 2.05) is 6.07 Å². The van der Waals surface area contributed by atoms with E-state index < -0.39 is 18.1 Å². The lowest BCUT2D eigenvalue weighted by Crippen LogP contribution is -2.41. The van der Waals surface area contributed by atoms with Gasteiger partial charge in [0.15, 0.2) is 0 Å². The molecule has 0 bridgehead atoms. The van der Waals surface area contributed by atoms with Crippen LogP contribution >= 0.6 is 0 Å². The van der Waals surface area contributed by atoms with Crippen molar-refractivity contribution in [1.82, 2.24) is 10.9 Å². The second-order valence-electron chi connectivity index (χ2n) is 7.78. The smallest absolute Gasteiger partial charge is 0.338 e.